The van der Waals surface area contributed by atoms with Crippen molar-refractivity contribution in [3.63, 3.8) is 0 Å². The molecule has 2 saturated carbocycles. The molecule has 3 nitrogen and oxygen atoms in total. The Balaban J connectivity index is 1.72. The first-order valence-corrected chi connectivity index (χ1v) is 6.22. The zero-order chi connectivity index (χ0) is 10.3. The molecule has 84 valence electrons. The molecule has 15 heavy (non-hydrogen) atoms. The molecule has 1 heterocycles. The Kier molecular flexibility index (Phi) is 2.53. The summed E-state index contributed by atoms with van der Waals surface area (Å²) >= 11 is 0. The highest BCUT2D eigenvalue weighted by Gasteiger charge is 2.45. The number of ketones is 1. The highest BCUT2D eigenvalue weighted by Crippen LogP contribution is 2.41. The van der Waals surface area contributed by atoms with Crippen LogP contribution in [0.15, 0.2) is 0 Å². The van der Waals surface area contributed by atoms with Crippen molar-refractivity contribution in [3.8, 4) is 0 Å². The molecule has 0 radical (unpaired) electrons. The van der Waals surface area contributed by atoms with Gasteiger partial charge in [-0.3, -0.25) is 9.69 Å². The normalized spacial score (nSPS) is 42.1. The van der Waals surface area contributed by atoms with Crippen LogP contribution in [0, 0.1) is 11.8 Å². The van der Waals surface area contributed by atoms with Gasteiger partial charge in [0.2, 0.25) is 0 Å². The van der Waals surface area contributed by atoms with Gasteiger partial charge < -0.3 is 4.74 Å². The van der Waals surface area contributed by atoms with E-state index in [0.29, 0.717) is 23.7 Å². The Morgan fingerprint density at radius 1 is 1.07 bits per heavy atom. The first-order valence-electron chi connectivity index (χ1n) is 6.22. The zero-order valence-electron chi connectivity index (χ0n) is 9.15. The molecule has 3 aliphatic rings. The third kappa shape index (κ3) is 1.62. The molecule has 0 unspecified atom stereocenters. The highest BCUT2D eigenvalue weighted by atomic mass is 16.5. The number of nitrogens with zero attached hydrogens (tertiary/aromatic N) is 1. The number of ether oxygens (including phenoxy) is 1. The van der Waals surface area contributed by atoms with Gasteiger partial charge in [-0.1, -0.05) is 0 Å². The third-order valence-corrected chi connectivity index (χ3v) is 4.38. The van der Waals surface area contributed by atoms with E-state index in [0.717, 1.165) is 45.6 Å². The van der Waals surface area contributed by atoms with E-state index in [1.165, 1.54) is 6.42 Å². The summed E-state index contributed by atoms with van der Waals surface area (Å²) in [6.45, 7) is 3.75. The maximum absolute atomic E-state index is 12.0. The number of carbonyl (C=O) groups excluding carboxylic acids is 1. The monoisotopic (exact) mass is 209 g/mol. The first kappa shape index (κ1) is 9.79. The summed E-state index contributed by atoms with van der Waals surface area (Å²) in [6, 6.07) is 0.542. The lowest BCUT2D eigenvalue weighted by Gasteiger charge is -2.39. The fourth-order valence-corrected chi connectivity index (χ4v) is 3.56. The predicted molar refractivity (Wildman–Crippen MR) is 56.6 cm³/mol. The van der Waals surface area contributed by atoms with Crippen LogP contribution in [0.4, 0.5) is 0 Å². The minimum absolute atomic E-state index is 0.363. The largest absolute Gasteiger partial charge is 0.379 e. The van der Waals surface area contributed by atoms with E-state index >= 15 is 0 Å². The number of morpholine rings is 1. The summed E-state index contributed by atoms with van der Waals surface area (Å²) in [6.07, 6.45) is 4.67. The molecule has 2 aliphatic carbocycles. The molecule has 1 aliphatic heterocycles. The van der Waals surface area contributed by atoms with Crippen molar-refractivity contribution in [1.82, 2.24) is 4.90 Å². The number of hydrogen-bond donors (Lipinski definition) is 0. The Morgan fingerprint density at radius 3 is 2.60 bits per heavy atom. The number of hydrogen-bond acceptors (Lipinski definition) is 3. The molecular formula is C12H19NO2. The van der Waals surface area contributed by atoms with Crippen molar-refractivity contribution in [1.29, 1.82) is 0 Å². The van der Waals surface area contributed by atoms with Crippen LogP contribution in [0.1, 0.15) is 25.7 Å². The lowest BCUT2D eigenvalue weighted by atomic mass is 9.83. The average molecular weight is 209 g/mol. The van der Waals surface area contributed by atoms with Crippen LogP contribution in [0.5, 0.6) is 0 Å². The molecule has 1 saturated heterocycles. The van der Waals surface area contributed by atoms with Crippen LogP contribution >= 0.6 is 0 Å². The van der Waals surface area contributed by atoms with Gasteiger partial charge in [-0.15, -0.1) is 0 Å². The third-order valence-electron chi connectivity index (χ3n) is 4.38. The van der Waals surface area contributed by atoms with Crippen LogP contribution in [-0.4, -0.2) is 43.0 Å². The number of fused-ring (bicyclic) bond motifs is 2. The highest BCUT2D eigenvalue weighted by molar-refractivity contribution is 5.86. The van der Waals surface area contributed by atoms with E-state index in [1.807, 2.05) is 0 Å². The molecule has 0 spiro atoms. The number of rotatable bonds is 1. The van der Waals surface area contributed by atoms with Gasteiger partial charge in [0.15, 0.2) is 0 Å². The maximum Gasteiger partial charge on any atom is 0.140 e. The van der Waals surface area contributed by atoms with Gasteiger partial charge in [0.05, 0.1) is 13.2 Å². The summed E-state index contributed by atoms with van der Waals surface area (Å²) in [5, 5.41) is 0. The van der Waals surface area contributed by atoms with Gasteiger partial charge in [-0.25, -0.2) is 0 Å². The smallest absolute Gasteiger partial charge is 0.140 e. The van der Waals surface area contributed by atoms with Crippen molar-refractivity contribution in [2.45, 2.75) is 31.7 Å². The number of carbonyl (C=O) groups is 1. The molecule has 3 rings (SSSR count). The fourth-order valence-electron chi connectivity index (χ4n) is 3.56. The van der Waals surface area contributed by atoms with Crippen molar-refractivity contribution in [3.05, 3.63) is 0 Å². The lowest BCUT2D eigenvalue weighted by molar-refractivity contribution is -0.129. The fraction of sp³-hybridized carbons (Fsp3) is 0.917. The average Bonchev–Trinajstić information content (AvgIpc) is 2.54. The minimum Gasteiger partial charge on any atom is -0.379 e. The maximum atomic E-state index is 12.0. The molecule has 3 fully saturated rings. The second-order valence-corrected chi connectivity index (χ2v) is 5.08. The lowest BCUT2D eigenvalue weighted by Crippen LogP contribution is -2.49. The second-order valence-electron chi connectivity index (χ2n) is 5.08. The molecule has 0 amide bonds. The van der Waals surface area contributed by atoms with Gasteiger partial charge in [0.1, 0.15) is 5.78 Å². The summed E-state index contributed by atoms with van der Waals surface area (Å²) in [4.78, 5) is 14.5. The summed E-state index contributed by atoms with van der Waals surface area (Å²) in [5.41, 5.74) is 0. The van der Waals surface area contributed by atoms with Gasteiger partial charge >= 0.3 is 0 Å². The van der Waals surface area contributed by atoms with E-state index in [4.69, 9.17) is 4.74 Å². The van der Waals surface area contributed by atoms with Crippen molar-refractivity contribution in [2.24, 2.45) is 11.8 Å². The van der Waals surface area contributed by atoms with Gasteiger partial charge in [-0.2, -0.15) is 0 Å². The quantitative estimate of drug-likeness (QED) is 0.647. The summed E-state index contributed by atoms with van der Waals surface area (Å²) in [5.74, 6) is 1.35. The Bertz CT molecular complexity index is 260. The van der Waals surface area contributed by atoms with Crippen molar-refractivity contribution in [2.75, 3.05) is 26.3 Å². The minimum atomic E-state index is 0.363. The molecule has 3 atom stereocenters. The van der Waals surface area contributed by atoms with Crippen LogP contribution in [-0.2, 0) is 9.53 Å². The van der Waals surface area contributed by atoms with E-state index in [1.54, 1.807) is 0 Å². The van der Waals surface area contributed by atoms with Crippen molar-refractivity contribution < 1.29 is 9.53 Å². The SMILES string of the molecule is O=C1[C@H]2CC[C@@H]1[C@@H](N1CCOCC1)CC2. The first-order chi connectivity index (χ1) is 7.36. The molecule has 0 aromatic carbocycles. The Hall–Kier alpha value is -0.410. The predicted octanol–water partition coefficient (Wildman–Crippen LogP) is 1.08. The molecule has 0 aromatic rings. The van der Waals surface area contributed by atoms with Gasteiger partial charge in [0, 0.05) is 31.0 Å². The van der Waals surface area contributed by atoms with Crippen LogP contribution < -0.4 is 0 Å². The van der Waals surface area contributed by atoms with E-state index in [9.17, 15) is 4.79 Å². The summed E-state index contributed by atoms with van der Waals surface area (Å²) < 4.78 is 5.37. The Labute approximate surface area is 90.8 Å². The van der Waals surface area contributed by atoms with Crippen LogP contribution in [0.3, 0.4) is 0 Å². The molecule has 0 aromatic heterocycles. The van der Waals surface area contributed by atoms with E-state index in [-0.39, 0.29) is 0 Å². The molecule has 0 N–H and O–H groups in total. The Morgan fingerprint density at radius 2 is 1.80 bits per heavy atom. The van der Waals surface area contributed by atoms with E-state index in [2.05, 4.69) is 4.90 Å². The second kappa shape index (κ2) is 3.87. The number of Topliss-reactive ketones (excluding diaryl/α,β-unsaturated/α-hetero) is 1. The van der Waals surface area contributed by atoms with Crippen LogP contribution in [0.2, 0.25) is 0 Å². The topological polar surface area (TPSA) is 29.5 Å². The zero-order valence-corrected chi connectivity index (χ0v) is 9.15. The van der Waals surface area contributed by atoms with E-state index < -0.39 is 0 Å². The standard InChI is InChI=1S/C12H19NO2/c14-12-9-1-3-10(12)11(4-2-9)13-5-7-15-8-6-13/h9-11H,1-8H2/t9-,10+,11-/m0/s1. The van der Waals surface area contributed by atoms with Gasteiger partial charge in [0.25, 0.3) is 0 Å². The molecule has 2 bridgehead atoms. The van der Waals surface area contributed by atoms with Crippen LogP contribution in [0.25, 0.3) is 0 Å². The van der Waals surface area contributed by atoms with Crippen molar-refractivity contribution >= 4 is 5.78 Å². The molecule has 3 heteroatoms. The summed E-state index contributed by atoms with van der Waals surface area (Å²) in [7, 11) is 0. The van der Waals surface area contributed by atoms with Gasteiger partial charge in [-0.05, 0) is 25.7 Å². The molecular weight excluding hydrogens is 190 g/mol.